The van der Waals surface area contributed by atoms with Crippen LogP contribution in [-0.4, -0.2) is 5.78 Å². The first-order chi connectivity index (χ1) is 5.33. The monoisotopic (exact) mass is 226 g/mol. The molecule has 4 heteroatoms. The molecule has 0 saturated heterocycles. The average molecular weight is 227 g/mol. The summed E-state index contributed by atoms with van der Waals surface area (Å²) in [5.41, 5.74) is 0. The van der Waals surface area contributed by atoms with Crippen LogP contribution in [0.5, 0.6) is 0 Å². The molecule has 0 N–H and O–H groups in total. The molecule has 0 fully saturated rings. The van der Waals surface area contributed by atoms with Gasteiger partial charge >= 0.3 is 0 Å². The minimum atomic E-state index is -0.429. The fourth-order valence-electron chi connectivity index (χ4n) is 0.741. The van der Waals surface area contributed by atoms with Crippen molar-refractivity contribution < 1.29 is 26.3 Å². The van der Waals surface area contributed by atoms with E-state index in [0.717, 1.165) is 0 Å². The molecule has 0 aliphatic heterocycles. The van der Waals surface area contributed by atoms with E-state index in [2.05, 4.69) is 0 Å². The van der Waals surface area contributed by atoms with Gasteiger partial charge in [-0.1, -0.05) is 6.07 Å². The van der Waals surface area contributed by atoms with Gasteiger partial charge in [-0.15, -0.1) is 0 Å². The molecule has 1 heterocycles. The minimum absolute atomic E-state index is 0. The number of halogens is 1. The van der Waals surface area contributed by atoms with Crippen molar-refractivity contribution in [1.82, 2.24) is 0 Å². The zero-order valence-electron chi connectivity index (χ0n) is 6.27. The van der Waals surface area contributed by atoms with Crippen molar-refractivity contribution in [3.63, 3.8) is 0 Å². The minimum Gasteiger partial charge on any atom is -1.00 e. The Kier molecular flexibility index (Phi) is 4.89. The Morgan fingerprint density at radius 2 is 1.92 bits per heavy atom. The molecule has 0 aliphatic carbocycles. The van der Waals surface area contributed by atoms with Crippen molar-refractivity contribution in [2.24, 2.45) is 0 Å². The molecule has 62 valence electrons. The molecule has 1 aromatic rings. The number of hydrogen-bond acceptors (Lipinski definition) is 2. The molecule has 1 rings (SSSR count). The van der Waals surface area contributed by atoms with Gasteiger partial charge in [-0.25, -0.2) is 0 Å². The van der Waals surface area contributed by atoms with Crippen LogP contribution in [0.25, 0.3) is 0 Å². The number of ketones is 1. The lowest BCUT2D eigenvalue weighted by molar-refractivity contribution is -0.683. The normalized spacial score (nSPS) is 7.92. The van der Waals surface area contributed by atoms with Gasteiger partial charge in [0, 0.05) is 12.1 Å². The van der Waals surface area contributed by atoms with Gasteiger partial charge in [-0.05, 0) is 0 Å². The quantitative estimate of drug-likeness (QED) is 0.401. The van der Waals surface area contributed by atoms with Crippen LogP contribution < -0.4 is 21.5 Å². The first-order valence-electron chi connectivity index (χ1n) is 3.20. The Balaban J connectivity index is 0.00000121. The van der Waals surface area contributed by atoms with Crippen LogP contribution in [0.3, 0.4) is 0 Å². The molecular weight excluding hydrogens is 220 g/mol. The molecule has 0 spiro atoms. The number of nitriles is 1. The van der Waals surface area contributed by atoms with E-state index in [1.165, 1.54) is 0 Å². The van der Waals surface area contributed by atoms with Gasteiger partial charge in [-0.3, -0.25) is 4.79 Å². The van der Waals surface area contributed by atoms with Crippen LogP contribution in [0.4, 0.5) is 0 Å². The van der Waals surface area contributed by atoms with Crippen molar-refractivity contribution in [3.05, 3.63) is 30.6 Å². The van der Waals surface area contributed by atoms with Crippen molar-refractivity contribution in [1.29, 1.82) is 5.26 Å². The molecule has 12 heavy (non-hydrogen) atoms. The van der Waals surface area contributed by atoms with Gasteiger partial charge in [0.2, 0.25) is 6.54 Å². The smallest absolute Gasteiger partial charge is 0.296 e. The van der Waals surface area contributed by atoms with Crippen LogP contribution in [0.2, 0.25) is 0 Å². The molecule has 0 aromatic carbocycles. The van der Waals surface area contributed by atoms with Crippen molar-refractivity contribution in [2.75, 3.05) is 0 Å². The predicted octanol–water partition coefficient (Wildman–Crippen LogP) is -2.93. The molecule has 1 aromatic heterocycles. The highest BCUT2D eigenvalue weighted by Gasteiger charge is 2.05. The van der Waals surface area contributed by atoms with Crippen LogP contribution in [0.1, 0.15) is 0 Å². The second-order valence-corrected chi connectivity index (χ2v) is 2.08. The highest BCUT2D eigenvalue weighted by Crippen LogP contribution is 1.77. The average Bonchev–Trinajstić information content (AvgIpc) is 2.06. The zero-order chi connectivity index (χ0) is 8.10. The van der Waals surface area contributed by atoms with E-state index in [9.17, 15) is 4.79 Å². The van der Waals surface area contributed by atoms with Crippen LogP contribution in [0, 0.1) is 11.3 Å². The van der Waals surface area contributed by atoms with Crippen LogP contribution in [0.15, 0.2) is 30.6 Å². The Labute approximate surface area is 81.0 Å². The molecule has 0 saturated carbocycles. The number of hydrogen-bond donors (Lipinski definition) is 0. The second kappa shape index (κ2) is 5.44. The molecule has 0 amide bonds. The third-order valence-corrected chi connectivity index (χ3v) is 1.23. The molecular formula is C8H7BrN2O. The number of pyridine rings is 1. The third kappa shape index (κ3) is 3.26. The maximum Gasteiger partial charge on any atom is 0.296 e. The molecule has 0 unspecified atom stereocenters. The number of Topliss-reactive ketones (excluding diaryl/α,β-unsaturated/α-hetero) is 1. The number of rotatable bonds is 2. The largest absolute Gasteiger partial charge is 1.00 e. The lowest BCUT2D eigenvalue weighted by Crippen LogP contribution is -3.00. The van der Waals surface area contributed by atoms with Crippen LogP contribution in [-0.2, 0) is 11.3 Å². The summed E-state index contributed by atoms with van der Waals surface area (Å²) in [4.78, 5) is 10.6. The summed E-state index contributed by atoms with van der Waals surface area (Å²) in [6.07, 6.45) is 3.49. The maximum atomic E-state index is 10.6. The Hall–Kier alpha value is -1.21. The highest BCUT2D eigenvalue weighted by molar-refractivity contribution is 5.91. The first kappa shape index (κ1) is 10.8. The zero-order valence-corrected chi connectivity index (χ0v) is 7.86. The molecule has 0 aliphatic rings. The Bertz CT molecular complexity index is 292. The van der Waals surface area contributed by atoms with Crippen LogP contribution >= 0.6 is 0 Å². The summed E-state index contributed by atoms with van der Waals surface area (Å²) >= 11 is 0. The number of nitrogens with zero attached hydrogens (tertiary/aromatic N) is 2. The van der Waals surface area contributed by atoms with Crippen molar-refractivity contribution in [2.45, 2.75) is 6.54 Å². The summed E-state index contributed by atoms with van der Waals surface area (Å²) in [6, 6.07) is 7.03. The van der Waals surface area contributed by atoms with E-state index in [1.54, 1.807) is 23.0 Å². The number of carbonyl (C=O) groups is 1. The fourth-order valence-corrected chi connectivity index (χ4v) is 0.741. The topological polar surface area (TPSA) is 44.7 Å². The second-order valence-electron chi connectivity index (χ2n) is 2.08. The molecule has 0 radical (unpaired) electrons. The van der Waals surface area contributed by atoms with E-state index in [-0.39, 0.29) is 23.5 Å². The van der Waals surface area contributed by atoms with Gasteiger partial charge in [0.25, 0.3) is 5.78 Å². The summed E-state index contributed by atoms with van der Waals surface area (Å²) in [6.45, 7) is 0.136. The molecule has 0 bridgehead atoms. The summed E-state index contributed by atoms with van der Waals surface area (Å²) in [5.74, 6) is -0.429. The van der Waals surface area contributed by atoms with E-state index in [1.807, 2.05) is 18.2 Å². The summed E-state index contributed by atoms with van der Waals surface area (Å²) in [7, 11) is 0. The van der Waals surface area contributed by atoms with Gasteiger partial charge in [0.1, 0.15) is 6.07 Å². The van der Waals surface area contributed by atoms with Gasteiger partial charge < -0.3 is 17.0 Å². The van der Waals surface area contributed by atoms with E-state index in [4.69, 9.17) is 5.26 Å². The van der Waals surface area contributed by atoms with E-state index < -0.39 is 5.78 Å². The summed E-state index contributed by atoms with van der Waals surface area (Å²) < 4.78 is 1.66. The third-order valence-electron chi connectivity index (χ3n) is 1.23. The van der Waals surface area contributed by atoms with Gasteiger partial charge in [0.15, 0.2) is 12.4 Å². The SMILES string of the molecule is N#CC(=O)C[n+]1ccccc1.[Br-]. The lowest BCUT2D eigenvalue weighted by atomic mass is 10.4. The molecule has 3 nitrogen and oxygen atoms in total. The Morgan fingerprint density at radius 1 is 1.33 bits per heavy atom. The molecule has 0 atom stereocenters. The highest BCUT2D eigenvalue weighted by atomic mass is 79.9. The standard InChI is InChI=1S/C8H7N2O.BrH/c9-6-8(11)7-10-4-2-1-3-5-10;/h1-5H,7H2;1H/q+1;/p-1. The number of carbonyl (C=O) groups excluding carboxylic acids is 1. The Morgan fingerprint density at radius 3 is 2.42 bits per heavy atom. The first-order valence-corrected chi connectivity index (χ1v) is 3.20. The van der Waals surface area contributed by atoms with Gasteiger partial charge in [0.05, 0.1) is 0 Å². The van der Waals surface area contributed by atoms with Crippen molar-refractivity contribution in [3.8, 4) is 6.07 Å². The lowest BCUT2D eigenvalue weighted by Gasteiger charge is -1.87. The predicted molar refractivity (Wildman–Crippen MR) is 37.3 cm³/mol. The van der Waals surface area contributed by atoms with Gasteiger partial charge in [-0.2, -0.15) is 9.83 Å². The van der Waals surface area contributed by atoms with E-state index >= 15 is 0 Å². The van der Waals surface area contributed by atoms with E-state index in [0.29, 0.717) is 0 Å². The van der Waals surface area contributed by atoms with Crippen molar-refractivity contribution >= 4 is 5.78 Å². The summed E-state index contributed by atoms with van der Waals surface area (Å²) in [5, 5.41) is 8.18. The number of aromatic nitrogens is 1. The fraction of sp³-hybridized carbons (Fsp3) is 0.125. The maximum absolute atomic E-state index is 10.6.